The second-order valence-corrected chi connectivity index (χ2v) is 9.36. The fraction of sp³-hybridized carbons (Fsp3) is 0.304. The molecule has 0 aliphatic carbocycles. The third-order valence-corrected chi connectivity index (χ3v) is 6.48. The zero-order valence-corrected chi connectivity index (χ0v) is 19.9. The average molecular weight is 473 g/mol. The minimum atomic E-state index is -3.90. The topological polar surface area (TPSA) is 114 Å². The standard InChI is InChI=1S/C23H28N4O5S/c1-5-12-27-18(13-16(2)24-27)15-26(3)22-11-6-17(14-21(22)23(28)29)25-33(30,31)20-9-7-19(32-4)8-10-20/h6-11,13-14,25H,5,12,15H2,1-4H3,(H,28,29). The normalized spacial score (nSPS) is 11.3. The van der Waals surface area contributed by atoms with Crippen molar-refractivity contribution in [2.75, 3.05) is 23.8 Å². The molecule has 2 N–H and O–H groups in total. The first kappa shape index (κ1) is 24.1. The molecule has 176 valence electrons. The zero-order chi connectivity index (χ0) is 24.2. The van der Waals surface area contributed by atoms with E-state index in [1.165, 1.54) is 25.3 Å². The molecule has 10 heteroatoms. The van der Waals surface area contributed by atoms with Gasteiger partial charge in [-0.05, 0) is 61.9 Å². The highest BCUT2D eigenvalue weighted by Crippen LogP contribution is 2.27. The SMILES string of the molecule is CCCn1nc(C)cc1CN(C)c1ccc(NS(=O)(=O)c2ccc(OC)cc2)cc1C(=O)O. The first-order valence-electron chi connectivity index (χ1n) is 10.4. The van der Waals surface area contributed by atoms with Gasteiger partial charge in [0.1, 0.15) is 5.75 Å². The summed E-state index contributed by atoms with van der Waals surface area (Å²) in [5, 5.41) is 14.3. The number of sulfonamides is 1. The van der Waals surface area contributed by atoms with Crippen molar-refractivity contribution in [3.8, 4) is 5.75 Å². The lowest BCUT2D eigenvalue weighted by molar-refractivity contribution is 0.0697. The smallest absolute Gasteiger partial charge is 0.337 e. The van der Waals surface area contributed by atoms with Crippen molar-refractivity contribution in [3.63, 3.8) is 0 Å². The summed E-state index contributed by atoms with van der Waals surface area (Å²) >= 11 is 0. The van der Waals surface area contributed by atoms with Crippen LogP contribution in [0.5, 0.6) is 5.75 Å². The highest BCUT2D eigenvalue weighted by Gasteiger charge is 2.19. The van der Waals surface area contributed by atoms with E-state index >= 15 is 0 Å². The molecule has 0 aliphatic rings. The van der Waals surface area contributed by atoms with Crippen molar-refractivity contribution >= 4 is 27.4 Å². The van der Waals surface area contributed by atoms with Gasteiger partial charge in [-0.15, -0.1) is 0 Å². The van der Waals surface area contributed by atoms with Crippen LogP contribution in [-0.4, -0.2) is 43.4 Å². The number of rotatable bonds is 10. The summed E-state index contributed by atoms with van der Waals surface area (Å²) in [6.45, 7) is 5.22. The summed E-state index contributed by atoms with van der Waals surface area (Å²) in [5.74, 6) is -0.620. The predicted molar refractivity (Wildman–Crippen MR) is 127 cm³/mol. The van der Waals surface area contributed by atoms with Gasteiger partial charge in [0.25, 0.3) is 10.0 Å². The van der Waals surface area contributed by atoms with E-state index in [0.29, 0.717) is 18.0 Å². The van der Waals surface area contributed by atoms with Gasteiger partial charge < -0.3 is 14.7 Å². The van der Waals surface area contributed by atoms with Crippen molar-refractivity contribution in [3.05, 3.63) is 65.5 Å². The largest absolute Gasteiger partial charge is 0.497 e. The van der Waals surface area contributed by atoms with Gasteiger partial charge in [0.05, 0.1) is 41.2 Å². The van der Waals surface area contributed by atoms with E-state index in [9.17, 15) is 18.3 Å². The Kier molecular flexibility index (Phi) is 7.27. The molecule has 3 aromatic rings. The van der Waals surface area contributed by atoms with Crippen LogP contribution >= 0.6 is 0 Å². The molecule has 33 heavy (non-hydrogen) atoms. The molecule has 0 amide bonds. The van der Waals surface area contributed by atoms with Gasteiger partial charge in [0, 0.05) is 19.3 Å². The number of ether oxygens (including phenoxy) is 1. The lowest BCUT2D eigenvalue weighted by Crippen LogP contribution is -2.22. The van der Waals surface area contributed by atoms with E-state index in [2.05, 4.69) is 16.7 Å². The van der Waals surface area contributed by atoms with Crippen LogP contribution in [0, 0.1) is 6.92 Å². The highest BCUT2D eigenvalue weighted by molar-refractivity contribution is 7.92. The maximum absolute atomic E-state index is 12.7. The Morgan fingerprint density at radius 1 is 1.18 bits per heavy atom. The fourth-order valence-corrected chi connectivity index (χ4v) is 4.58. The van der Waals surface area contributed by atoms with Crippen LogP contribution < -0.4 is 14.4 Å². The van der Waals surface area contributed by atoms with E-state index in [1.54, 1.807) is 31.3 Å². The number of benzene rings is 2. The Morgan fingerprint density at radius 2 is 1.88 bits per heavy atom. The van der Waals surface area contributed by atoms with Gasteiger partial charge in [0.15, 0.2) is 0 Å². The van der Waals surface area contributed by atoms with Crippen LogP contribution in [-0.2, 0) is 23.1 Å². The molecular weight excluding hydrogens is 444 g/mol. The van der Waals surface area contributed by atoms with Gasteiger partial charge in [0.2, 0.25) is 0 Å². The van der Waals surface area contributed by atoms with Crippen LogP contribution in [0.15, 0.2) is 53.4 Å². The second-order valence-electron chi connectivity index (χ2n) is 7.67. The molecule has 0 fully saturated rings. The van der Waals surface area contributed by atoms with E-state index in [1.807, 2.05) is 22.6 Å². The Labute approximate surface area is 193 Å². The summed E-state index contributed by atoms with van der Waals surface area (Å²) in [4.78, 5) is 13.8. The molecular formula is C23H28N4O5S. The summed E-state index contributed by atoms with van der Waals surface area (Å²) in [6, 6.07) is 12.4. The Bertz CT molecular complexity index is 1240. The number of carboxylic acids is 1. The minimum Gasteiger partial charge on any atom is -0.497 e. The van der Waals surface area contributed by atoms with E-state index in [0.717, 1.165) is 24.4 Å². The van der Waals surface area contributed by atoms with Gasteiger partial charge >= 0.3 is 5.97 Å². The molecule has 9 nitrogen and oxygen atoms in total. The maximum Gasteiger partial charge on any atom is 0.337 e. The quantitative estimate of drug-likeness (QED) is 0.462. The van der Waals surface area contributed by atoms with Crippen LogP contribution in [0.3, 0.4) is 0 Å². The van der Waals surface area contributed by atoms with Crippen LogP contribution in [0.25, 0.3) is 0 Å². The number of hydrogen-bond acceptors (Lipinski definition) is 6. The van der Waals surface area contributed by atoms with Crippen molar-refractivity contribution in [2.45, 2.75) is 38.3 Å². The lowest BCUT2D eigenvalue weighted by atomic mass is 10.1. The Balaban J connectivity index is 1.86. The highest BCUT2D eigenvalue weighted by atomic mass is 32.2. The molecule has 0 spiro atoms. The van der Waals surface area contributed by atoms with Gasteiger partial charge in [-0.2, -0.15) is 5.10 Å². The van der Waals surface area contributed by atoms with E-state index in [4.69, 9.17) is 4.74 Å². The number of anilines is 2. The van der Waals surface area contributed by atoms with Crippen LogP contribution in [0.2, 0.25) is 0 Å². The van der Waals surface area contributed by atoms with E-state index < -0.39 is 16.0 Å². The van der Waals surface area contributed by atoms with Crippen molar-refractivity contribution in [1.82, 2.24) is 9.78 Å². The van der Waals surface area contributed by atoms with Gasteiger partial charge in [-0.25, -0.2) is 13.2 Å². The molecule has 0 saturated carbocycles. The van der Waals surface area contributed by atoms with Gasteiger partial charge in [-0.3, -0.25) is 9.40 Å². The molecule has 3 rings (SSSR count). The molecule has 0 bridgehead atoms. The third kappa shape index (κ3) is 5.64. The van der Waals surface area contributed by atoms with Crippen molar-refractivity contribution in [1.29, 1.82) is 0 Å². The second kappa shape index (κ2) is 9.95. The molecule has 0 atom stereocenters. The molecule has 2 aromatic carbocycles. The number of nitrogens with one attached hydrogen (secondary N) is 1. The molecule has 1 aromatic heterocycles. The maximum atomic E-state index is 12.7. The molecule has 0 saturated heterocycles. The monoisotopic (exact) mass is 472 g/mol. The predicted octanol–water partition coefficient (Wildman–Crippen LogP) is 3.75. The molecule has 0 unspecified atom stereocenters. The molecule has 0 aliphatic heterocycles. The molecule has 1 heterocycles. The third-order valence-electron chi connectivity index (χ3n) is 5.08. The number of nitrogens with zero attached hydrogens (tertiary/aromatic N) is 3. The van der Waals surface area contributed by atoms with E-state index in [-0.39, 0.29) is 16.1 Å². The zero-order valence-electron chi connectivity index (χ0n) is 19.1. The Morgan fingerprint density at radius 3 is 2.48 bits per heavy atom. The number of methoxy groups -OCH3 is 1. The summed E-state index contributed by atoms with van der Waals surface area (Å²) < 4.78 is 34.9. The number of carbonyl (C=O) groups is 1. The number of hydrogen-bond donors (Lipinski definition) is 2. The average Bonchev–Trinajstić information content (AvgIpc) is 3.12. The molecule has 0 radical (unpaired) electrons. The van der Waals surface area contributed by atoms with Gasteiger partial charge in [-0.1, -0.05) is 6.92 Å². The number of aryl methyl sites for hydroxylation is 2. The lowest BCUT2D eigenvalue weighted by Gasteiger charge is -2.22. The Hall–Kier alpha value is -3.53. The summed E-state index contributed by atoms with van der Waals surface area (Å²) in [7, 11) is -0.609. The number of aromatic nitrogens is 2. The van der Waals surface area contributed by atoms with Crippen molar-refractivity contribution in [2.24, 2.45) is 0 Å². The van der Waals surface area contributed by atoms with Crippen LogP contribution in [0.4, 0.5) is 11.4 Å². The minimum absolute atomic E-state index is 0.00860. The summed E-state index contributed by atoms with van der Waals surface area (Å²) in [6.07, 6.45) is 0.932. The fourth-order valence-electron chi connectivity index (χ4n) is 3.53. The van der Waals surface area contributed by atoms with Crippen molar-refractivity contribution < 1.29 is 23.1 Å². The first-order valence-corrected chi connectivity index (χ1v) is 11.9. The van der Waals surface area contributed by atoms with Crippen LogP contribution in [0.1, 0.15) is 35.1 Å². The number of carboxylic acid groups (broad SMARTS) is 1. The number of aromatic carboxylic acids is 1. The summed E-state index contributed by atoms with van der Waals surface area (Å²) in [5.41, 5.74) is 2.49. The first-order chi connectivity index (χ1) is 15.6.